The third-order valence-electron chi connectivity index (χ3n) is 14.0. The minimum Gasteiger partial charge on any atom is -0.508 e. The van der Waals surface area contributed by atoms with Gasteiger partial charge in [0.15, 0.2) is 0 Å². The smallest absolute Gasteiger partial charge is 0.145 e. The number of rotatable bonds is 6. The van der Waals surface area contributed by atoms with Gasteiger partial charge in [-0.05, 0) is 76.7 Å². The summed E-state index contributed by atoms with van der Waals surface area (Å²) in [7, 11) is 21.5. The second-order valence-electron chi connectivity index (χ2n) is 16.9. The van der Waals surface area contributed by atoms with E-state index in [9.17, 15) is 10.2 Å². The number of nitrogens with zero attached hydrogens (tertiary/aromatic N) is 2. The van der Waals surface area contributed by atoms with Gasteiger partial charge < -0.3 is 10.2 Å². The Morgan fingerprint density at radius 3 is 1.64 bits per heavy atom. The fraction of sp³-hybridized carbons (Fsp3) is 0.0426. The highest BCUT2D eigenvalue weighted by Crippen LogP contribution is 2.48. The van der Waals surface area contributed by atoms with Crippen LogP contribution in [-0.2, 0) is 0 Å². The van der Waals surface area contributed by atoms with Crippen molar-refractivity contribution >= 4 is 161 Å². The average Bonchev–Trinajstić information content (AvgIpc) is 3.61. The van der Waals surface area contributed by atoms with Crippen molar-refractivity contribution in [3.63, 3.8) is 0 Å². The van der Waals surface area contributed by atoms with Crippen LogP contribution in [0.1, 0.15) is 17.0 Å². The van der Waals surface area contributed by atoms with Crippen molar-refractivity contribution in [2.75, 3.05) is 0 Å². The van der Waals surface area contributed by atoms with Crippen molar-refractivity contribution in [3.8, 4) is 74.3 Å². The summed E-state index contributed by atoms with van der Waals surface area (Å²) in [6.45, 7) is 4.22. The Labute approximate surface area is 368 Å². The number of terminal acetylenes is 1. The number of fused-ring (bicyclic) bond motifs is 2. The van der Waals surface area contributed by atoms with Gasteiger partial charge in [0.2, 0.25) is 0 Å². The zero-order valence-electron chi connectivity index (χ0n) is 37.5. The van der Waals surface area contributed by atoms with Crippen LogP contribution in [0.2, 0.25) is 0 Å². The van der Waals surface area contributed by atoms with Crippen molar-refractivity contribution in [2.24, 2.45) is 0 Å². The Kier molecular flexibility index (Phi) is 10.7. The first-order chi connectivity index (χ1) is 29.1. The van der Waals surface area contributed by atoms with Gasteiger partial charge in [0.25, 0.3) is 0 Å². The minimum atomic E-state index is 0.213. The third kappa shape index (κ3) is 6.35. The summed E-state index contributed by atoms with van der Waals surface area (Å²) in [5.41, 5.74) is 22.0. The molecule has 284 valence electrons. The molecular weight excluding hydrogens is 733 g/mol. The number of benzene rings is 7. The first kappa shape index (κ1) is 41.5. The molecule has 0 aliphatic heterocycles. The van der Waals surface area contributed by atoms with Crippen LogP contribution in [0.25, 0.3) is 78.1 Å². The van der Waals surface area contributed by atoms with Gasteiger partial charge in [-0.25, -0.2) is 4.98 Å². The Morgan fingerprint density at radius 1 is 0.541 bits per heavy atom. The molecule has 4 nitrogen and oxygen atoms in total. The lowest BCUT2D eigenvalue weighted by atomic mass is 9.62. The van der Waals surface area contributed by atoms with E-state index < -0.39 is 0 Å². The van der Waals surface area contributed by atoms with Gasteiger partial charge in [-0.15, -0.1) is 11.9 Å². The number of aromatic nitrogens is 2. The SMILES string of the molecule is Bc1c(B)c(C)c(B)c(-c2ccccc2-c2c3c(B)c(B)c(B)c(O)c3c(-c3cccc(-n4c(-c5ccccc5)nc(C)c4/C=C\C#C)c3)c3c(O)c(B)c(B)c(B)c23)c1B. The van der Waals surface area contributed by atoms with Crippen LogP contribution in [0.3, 0.4) is 0 Å². The molecule has 8 rings (SSSR count). The molecule has 0 atom stereocenters. The van der Waals surface area contributed by atoms with Crippen LogP contribution in [-0.4, -0.2) is 98.2 Å². The second kappa shape index (κ2) is 15.7. The topological polar surface area (TPSA) is 58.3 Å². The molecule has 0 unspecified atom stereocenters. The van der Waals surface area contributed by atoms with E-state index in [-0.39, 0.29) is 11.5 Å². The predicted molar refractivity (Wildman–Crippen MR) is 293 cm³/mol. The van der Waals surface area contributed by atoms with E-state index in [1.165, 1.54) is 33.0 Å². The monoisotopic (exact) mass is 778 g/mol. The number of phenols is 2. The highest BCUT2D eigenvalue weighted by molar-refractivity contribution is 6.66. The summed E-state index contributed by atoms with van der Waals surface area (Å²) in [5, 5.41) is 28.8. The van der Waals surface area contributed by atoms with Crippen molar-refractivity contribution < 1.29 is 10.2 Å². The van der Waals surface area contributed by atoms with Gasteiger partial charge in [-0.2, -0.15) is 0 Å². The number of imidazole rings is 1. The van der Waals surface area contributed by atoms with E-state index in [1.54, 1.807) is 6.08 Å². The van der Waals surface area contributed by atoms with Gasteiger partial charge in [0, 0.05) is 27.6 Å². The van der Waals surface area contributed by atoms with Crippen LogP contribution in [0.15, 0.2) is 84.9 Å². The van der Waals surface area contributed by atoms with E-state index in [1.807, 2.05) is 53.0 Å². The zero-order chi connectivity index (χ0) is 43.8. The molecule has 7 aromatic carbocycles. The summed E-state index contributed by atoms with van der Waals surface area (Å²) < 4.78 is 2.15. The number of phenolic OH excluding ortho intramolecular Hbond substituents is 2. The maximum absolute atomic E-state index is 12.7. The Hall–Kier alpha value is -6.18. The number of hydrogen-bond donors (Lipinski definition) is 2. The van der Waals surface area contributed by atoms with Crippen LogP contribution in [0.4, 0.5) is 0 Å². The maximum atomic E-state index is 12.7. The average molecular weight is 777 g/mol. The summed E-state index contributed by atoms with van der Waals surface area (Å²) in [5.74, 6) is 3.87. The molecule has 0 saturated heterocycles. The molecule has 0 radical (unpaired) electrons. The van der Waals surface area contributed by atoms with Gasteiger partial charge in [-0.1, -0.05) is 127 Å². The molecule has 61 heavy (non-hydrogen) atoms. The van der Waals surface area contributed by atoms with Gasteiger partial charge in [-0.3, -0.25) is 4.57 Å². The lowest BCUT2D eigenvalue weighted by Crippen LogP contribution is -2.46. The van der Waals surface area contributed by atoms with Crippen molar-refractivity contribution in [3.05, 3.63) is 102 Å². The lowest BCUT2D eigenvalue weighted by Gasteiger charge is -2.28. The highest BCUT2D eigenvalue weighted by Gasteiger charge is 2.29. The largest absolute Gasteiger partial charge is 0.508 e. The molecule has 0 aliphatic carbocycles. The van der Waals surface area contributed by atoms with Crippen LogP contribution < -0.4 is 54.6 Å². The molecule has 0 bridgehead atoms. The number of aryl methyl sites for hydroxylation is 1. The molecule has 14 heteroatoms. The fourth-order valence-corrected chi connectivity index (χ4v) is 9.73. The van der Waals surface area contributed by atoms with Crippen molar-refractivity contribution in [1.29, 1.82) is 0 Å². The number of allylic oxidation sites excluding steroid dienone is 1. The van der Waals surface area contributed by atoms with Crippen molar-refractivity contribution in [2.45, 2.75) is 13.8 Å². The van der Waals surface area contributed by atoms with Gasteiger partial charge in [0.05, 0.1) is 11.4 Å². The number of hydrogen-bond acceptors (Lipinski definition) is 3. The molecule has 0 spiro atoms. The summed E-state index contributed by atoms with van der Waals surface area (Å²) in [6, 6.07) is 27.2. The normalized spacial score (nSPS) is 11.5. The first-order valence-corrected chi connectivity index (χ1v) is 21.1. The Morgan fingerprint density at radius 2 is 1.07 bits per heavy atom. The molecule has 0 amide bonds. The molecule has 0 aliphatic rings. The van der Waals surface area contributed by atoms with Crippen LogP contribution >= 0.6 is 0 Å². The highest BCUT2D eigenvalue weighted by atomic mass is 16.3. The second-order valence-corrected chi connectivity index (χ2v) is 16.9. The molecule has 2 N–H and O–H groups in total. The molecule has 0 saturated carbocycles. The first-order valence-electron chi connectivity index (χ1n) is 21.1. The third-order valence-corrected chi connectivity index (χ3v) is 14.0. The van der Waals surface area contributed by atoms with E-state index >= 15 is 0 Å². The fourth-order valence-electron chi connectivity index (χ4n) is 9.73. The quantitative estimate of drug-likeness (QED) is 0.101. The van der Waals surface area contributed by atoms with E-state index in [4.69, 9.17) is 11.4 Å². The zero-order valence-corrected chi connectivity index (χ0v) is 37.5. The van der Waals surface area contributed by atoms with E-state index in [0.29, 0.717) is 0 Å². The van der Waals surface area contributed by atoms with E-state index in [2.05, 4.69) is 135 Å². The van der Waals surface area contributed by atoms with Gasteiger partial charge in [0.1, 0.15) is 95.8 Å². The Bertz CT molecular complexity index is 3150. The van der Waals surface area contributed by atoms with Crippen LogP contribution in [0, 0.1) is 26.2 Å². The summed E-state index contributed by atoms with van der Waals surface area (Å²) >= 11 is 0. The number of aromatic hydroxyl groups is 2. The summed E-state index contributed by atoms with van der Waals surface area (Å²) in [4.78, 5) is 5.08. The predicted octanol–water partition coefficient (Wildman–Crippen LogP) is -5.89. The van der Waals surface area contributed by atoms with Gasteiger partial charge >= 0.3 is 0 Å². The van der Waals surface area contributed by atoms with Crippen LogP contribution in [0.5, 0.6) is 11.5 Å². The molecular formula is C47H44B10N2O2. The standard InChI is InChI=1S/C47H44B10N2O2/c1-4-5-18-27-21(3)58-47(22-12-7-6-8-13-22)59(27)24-15-11-14-23(19-24)28-33-31(38(51)41(54)43(56)45(33)60)29(32-34(28)46(61)44(57)42(55)39(32)52)25-16-9-10-17-26(25)30-35(48)20(2)36(49)40(53)37(30)50/h1,5-19,60-61H,48-57H2,2-3H3/b18-5-. The molecule has 0 fully saturated rings. The molecule has 8 aromatic rings. The Balaban J connectivity index is 1.59. The minimum absolute atomic E-state index is 0.213. The lowest BCUT2D eigenvalue weighted by molar-refractivity contribution is 0.485. The summed E-state index contributed by atoms with van der Waals surface area (Å²) in [6.07, 6.45) is 9.39. The molecule has 1 heterocycles. The molecule has 1 aromatic heterocycles. The van der Waals surface area contributed by atoms with Crippen molar-refractivity contribution in [1.82, 2.24) is 9.55 Å². The maximum Gasteiger partial charge on any atom is 0.145 e. The van der Waals surface area contributed by atoms with E-state index in [0.717, 1.165) is 111 Å².